The summed E-state index contributed by atoms with van der Waals surface area (Å²) in [5.74, 6) is -4.50. The van der Waals surface area contributed by atoms with Crippen molar-refractivity contribution in [1.82, 2.24) is 4.98 Å². The minimum absolute atomic E-state index is 0.144. The predicted octanol–water partition coefficient (Wildman–Crippen LogP) is 3.80. The number of aromatic nitrogens is 1. The molecule has 0 unspecified atom stereocenters. The molecule has 0 amide bonds. The van der Waals surface area contributed by atoms with E-state index in [0.717, 1.165) is 25.3 Å². The first-order valence-electron chi connectivity index (χ1n) is 9.06. The molecule has 172 valence electrons. The van der Waals surface area contributed by atoms with Crippen LogP contribution in [0.5, 0.6) is 5.75 Å². The van der Waals surface area contributed by atoms with Gasteiger partial charge in [0.05, 0.1) is 17.7 Å². The van der Waals surface area contributed by atoms with Crippen LogP contribution in [0.3, 0.4) is 0 Å². The fourth-order valence-electron chi connectivity index (χ4n) is 2.70. The second kappa shape index (κ2) is 9.28. The highest BCUT2D eigenvalue weighted by molar-refractivity contribution is 7.92. The molecule has 0 aliphatic rings. The molecule has 1 heterocycles. The molecule has 2 aromatic carbocycles. The van der Waals surface area contributed by atoms with Crippen molar-refractivity contribution in [3.63, 3.8) is 0 Å². The maximum absolute atomic E-state index is 12.8. The van der Waals surface area contributed by atoms with E-state index in [1.165, 1.54) is 18.2 Å². The van der Waals surface area contributed by atoms with E-state index >= 15 is 0 Å². The quantitative estimate of drug-likeness (QED) is 0.422. The number of halogens is 3. The van der Waals surface area contributed by atoms with E-state index < -0.39 is 39.5 Å². The zero-order chi connectivity index (χ0) is 24.2. The van der Waals surface area contributed by atoms with Gasteiger partial charge in [-0.05, 0) is 35.9 Å². The number of methoxy groups -OCH3 is 1. The average molecular weight is 480 g/mol. The number of benzene rings is 2. The second-order valence-corrected chi connectivity index (χ2v) is 8.15. The number of anilines is 1. The van der Waals surface area contributed by atoms with Crippen molar-refractivity contribution in [3.8, 4) is 16.9 Å². The van der Waals surface area contributed by atoms with Crippen molar-refractivity contribution in [3.05, 3.63) is 72.6 Å². The van der Waals surface area contributed by atoms with Crippen LogP contribution in [0, 0.1) is 0 Å². The Labute approximate surface area is 186 Å². The lowest BCUT2D eigenvalue weighted by atomic mass is 10.1. The molecule has 0 saturated carbocycles. The van der Waals surface area contributed by atoms with Crippen molar-refractivity contribution in [2.24, 2.45) is 0 Å². The maximum atomic E-state index is 12.8. The highest BCUT2D eigenvalue weighted by Gasteiger charge is 2.42. The molecule has 1 N–H and O–H groups in total. The van der Waals surface area contributed by atoms with Crippen LogP contribution in [0.15, 0.2) is 71.9 Å². The SMILES string of the molecule is COC(=O)c1ccc(NS(=O)(=O)c2cccc(-c3cccnc3)c2)cc1OC(=O)C(F)(F)F. The minimum Gasteiger partial charge on any atom is -0.465 e. The minimum atomic E-state index is -5.34. The van der Waals surface area contributed by atoms with Gasteiger partial charge in [-0.3, -0.25) is 9.71 Å². The Morgan fingerprint density at radius 3 is 2.36 bits per heavy atom. The van der Waals surface area contributed by atoms with Gasteiger partial charge in [0, 0.05) is 24.0 Å². The lowest BCUT2D eigenvalue weighted by molar-refractivity contribution is -0.189. The Kier molecular flexibility index (Phi) is 6.68. The summed E-state index contributed by atoms with van der Waals surface area (Å²) < 4.78 is 74.4. The number of ether oxygens (including phenoxy) is 2. The van der Waals surface area contributed by atoms with Gasteiger partial charge < -0.3 is 9.47 Å². The second-order valence-electron chi connectivity index (χ2n) is 6.46. The van der Waals surface area contributed by atoms with Crippen LogP contribution >= 0.6 is 0 Å². The molecule has 1 aromatic heterocycles. The average Bonchev–Trinajstić information content (AvgIpc) is 2.78. The van der Waals surface area contributed by atoms with E-state index in [1.807, 2.05) is 0 Å². The van der Waals surface area contributed by atoms with E-state index in [0.29, 0.717) is 11.1 Å². The fourth-order valence-corrected chi connectivity index (χ4v) is 3.79. The predicted molar refractivity (Wildman–Crippen MR) is 110 cm³/mol. The first-order chi connectivity index (χ1) is 15.5. The van der Waals surface area contributed by atoms with Gasteiger partial charge in [-0.2, -0.15) is 13.2 Å². The van der Waals surface area contributed by atoms with Gasteiger partial charge in [0.15, 0.2) is 0 Å². The molecule has 0 atom stereocenters. The number of nitrogens with zero attached hydrogens (tertiary/aromatic N) is 1. The van der Waals surface area contributed by atoms with Gasteiger partial charge in [-0.1, -0.05) is 18.2 Å². The van der Waals surface area contributed by atoms with Crippen molar-refractivity contribution >= 4 is 27.6 Å². The van der Waals surface area contributed by atoms with E-state index in [9.17, 15) is 31.2 Å². The largest absolute Gasteiger partial charge is 0.491 e. The summed E-state index contributed by atoms with van der Waals surface area (Å²) in [7, 11) is -3.23. The number of rotatable bonds is 6. The molecule has 0 fully saturated rings. The number of hydrogen-bond acceptors (Lipinski definition) is 7. The molecular formula is C21H15F3N2O6S. The van der Waals surface area contributed by atoms with Crippen LogP contribution in [0.2, 0.25) is 0 Å². The molecular weight excluding hydrogens is 465 g/mol. The van der Waals surface area contributed by atoms with Crippen LogP contribution < -0.4 is 9.46 Å². The van der Waals surface area contributed by atoms with Crippen LogP contribution in [-0.2, 0) is 19.6 Å². The zero-order valence-electron chi connectivity index (χ0n) is 16.8. The molecule has 0 aliphatic carbocycles. The molecule has 0 radical (unpaired) electrons. The van der Waals surface area contributed by atoms with Crippen molar-refractivity contribution < 1.29 is 40.7 Å². The highest BCUT2D eigenvalue weighted by Crippen LogP contribution is 2.29. The molecule has 8 nitrogen and oxygen atoms in total. The Hall–Kier alpha value is -3.93. The Morgan fingerprint density at radius 2 is 1.73 bits per heavy atom. The van der Waals surface area contributed by atoms with Gasteiger partial charge in [0.1, 0.15) is 11.3 Å². The number of nitrogens with one attached hydrogen (secondary N) is 1. The Balaban J connectivity index is 1.94. The molecule has 0 spiro atoms. The summed E-state index contributed by atoms with van der Waals surface area (Å²) in [5.41, 5.74) is 0.473. The van der Waals surface area contributed by atoms with Crippen molar-refractivity contribution in [2.75, 3.05) is 11.8 Å². The number of hydrogen-bond donors (Lipinski definition) is 1. The molecule has 0 saturated heterocycles. The topological polar surface area (TPSA) is 112 Å². The van der Waals surface area contributed by atoms with Crippen molar-refractivity contribution in [2.45, 2.75) is 11.1 Å². The first-order valence-corrected chi connectivity index (χ1v) is 10.5. The summed E-state index contributed by atoms with van der Waals surface area (Å²) in [5, 5.41) is 0. The molecule has 3 aromatic rings. The summed E-state index contributed by atoms with van der Waals surface area (Å²) >= 11 is 0. The van der Waals surface area contributed by atoms with Gasteiger partial charge in [-0.25, -0.2) is 18.0 Å². The lowest BCUT2D eigenvalue weighted by Gasteiger charge is -2.14. The summed E-state index contributed by atoms with van der Waals surface area (Å²) in [4.78, 5) is 26.9. The van der Waals surface area contributed by atoms with E-state index in [-0.39, 0.29) is 10.6 Å². The summed E-state index contributed by atoms with van der Waals surface area (Å²) in [6.07, 6.45) is -2.23. The van der Waals surface area contributed by atoms with Gasteiger partial charge >= 0.3 is 18.1 Å². The summed E-state index contributed by atoms with van der Waals surface area (Å²) in [6.45, 7) is 0. The van der Waals surface area contributed by atoms with Gasteiger partial charge in [0.25, 0.3) is 10.0 Å². The van der Waals surface area contributed by atoms with E-state index in [4.69, 9.17) is 0 Å². The number of pyridine rings is 1. The molecule has 0 bridgehead atoms. The number of esters is 2. The van der Waals surface area contributed by atoms with Crippen molar-refractivity contribution in [1.29, 1.82) is 0 Å². The monoisotopic (exact) mass is 480 g/mol. The smallest absolute Gasteiger partial charge is 0.465 e. The van der Waals surface area contributed by atoms with Crippen LogP contribution in [0.25, 0.3) is 11.1 Å². The van der Waals surface area contributed by atoms with Crippen LogP contribution in [0.1, 0.15) is 10.4 Å². The zero-order valence-corrected chi connectivity index (χ0v) is 17.6. The molecule has 3 rings (SSSR count). The first kappa shape index (κ1) is 23.7. The van der Waals surface area contributed by atoms with Crippen LogP contribution in [-0.4, -0.2) is 38.6 Å². The number of alkyl halides is 3. The summed E-state index contributed by atoms with van der Waals surface area (Å²) in [6, 6.07) is 12.2. The fraction of sp³-hybridized carbons (Fsp3) is 0.0952. The van der Waals surface area contributed by atoms with E-state index in [1.54, 1.807) is 30.6 Å². The third-order valence-electron chi connectivity index (χ3n) is 4.21. The standard InChI is InChI=1S/C21H15F3N2O6S/c1-31-19(27)17-8-7-15(11-18(17)32-20(28)21(22,23)24)26-33(29,30)16-6-2-4-13(10-16)14-5-3-9-25-12-14/h2-12,26H,1H3. The molecule has 12 heteroatoms. The lowest BCUT2D eigenvalue weighted by Crippen LogP contribution is -2.28. The third kappa shape index (κ3) is 5.66. The molecule has 33 heavy (non-hydrogen) atoms. The maximum Gasteiger partial charge on any atom is 0.491 e. The Morgan fingerprint density at radius 1 is 1.00 bits per heavy atom. The number of sulfonamides is 1. The van der Waals surface area contributed by atoms with E-state index in [2.05, 4.69) is 19.2 Å². The third-order valence-corrected chi connectivity index (χ3v) is 5.59. The number of carbonyl (C=O) groups is 2. The Bertz CT molecular complexity index is 1290. The number of carbonyl (C=O) groups excluding carboxylic acids is 2. The van der Waals surface area contributed by atoms with Crippen LogP contribution in [0.4, 0.5) is 18.9 Å². The molecule has 0 aliphatic heterocycles. The highest BCUT2D eigenvalue weighted by atomic mass is 32.2. The normalized spacial score (nSPS) is 11.5. The van der Waals surface area contributed by atoms with Gasteiger partial charge in [-0.15, -0.1) is 0 Å². The van der Waals surface area contributed by atoms with Gasteiger partial charge in [0.2, 0.25) is 0 Å².